The molecule has 2 unspecified atom stereocenters. The van der Waals surface area contributed by atoms with Crippen LogP contribution in [0, 0.1) is 5.92 Å². The number of anilines is 1. The van der Waals surface area contributed by atoms with Crippen LogP contribution in [0.25, 0.3) is 11.1 Å². The quantitative estimate of drug-likeness (QED) is 0.770. The van der Waals surface area contributed by atoms with Gasteiger partial charge in [0.25, 0.3) is 6.01 Å². The maximum atomic E-state index is 5.64. The van der Waals surface area contributed by atoms with Gasteiger partial charge in [0.15, 0.2) is 5.58 Å². The largest absolute Gasteiger partial charge is 0.424 e. The minimum absolute atomic E-state index is 0.442. The molecule has 1 aromatic heterocycles. The highest BCUT2D eigenvalue weighted by molar-refractivity contribution is 5.74. The van der Waals surface area contributed by atoms with E-state index in [1.54, 1.807) is 0 Å². The molecule has 1 saturated heterocycles. The number of hydrogen-bond acceptors (Lipinski definition) is 5. The third-order valence-electron chi connectivity index (χ3n) is 3.61. The smallest absolute Gasteiger partial charge is 0.295 e. The Bertz CT molecular complexity index is 496. The third kappa shape index (κ3) is 2.07. The van der Waals surface area contributed by atoms with Gasteiger partial charge in [-0.1, -0.05) is 12.1 Å². The van der Waals surface area contributed by atoms with Crippen molar-refractivity contribution in [3.63, 3.8) is 0 Å². The maximum absolute atomic E-state index is 5.64. The number of nitrogens with zero attached hydrogens (tertiary/aromatic N) is 1. The number of benzene rings is 1. The molecule has 0 radical (unpaired) electrons. The summed E-state index contributed by atoms with van der Waals surface area (Å²) in [5.41, 5.74) is 8.20. The summed E-state index contributed by atoms with van der Waals surface area (Å²) >= 11 is 0. The summed E-state index contributed by atoms with van der Waals surface area (Å²) in [7, 11) is 0. The number of rotatable bonds is 3. The summed E-state index contributed by atoms with van der Waals surface area (Å²) in [6, 6.07) is 9.28. The van der Waals surface area contributed by atoms with Crippen molar-refractivity contribution in [3.8, 4) is 0 Å². The molecule has 0 spiro atoms. The highest BCUT2D eigenvalue weighted by Crippen LogP contribution is 2.20. The van der Waals surface area contributed by atoms with Crippen molar-refractivity contribution in [1.82, 2.24) is 15.8 Å². The number of para-hydroxylation sites is 2. The average Bonchev–Trinajstić information content (AvgIpc) is 2.91. The van der Waals surface area contributed by atoms with Crippen molar-refractivity contribution in [3.05, 3.63) is 24.3 Å². The van der Waals surface area contributed by atoms with E-state index < -0.39 is 0 Å². The molecule has 0 aliphatic carbocycles. The normalized spacial score (nSPS) is 27.8. The fourth-order valence-electron chi connectivity index (χ4n) is 2.42. The first-order valence-electron chi connectivity index (χ1n) is 6.34. The molecule has 2 aromatic rings. The predicted molar refractivity (Wildman–Crippen MR) is 71.2 cm³/mol. The van der Waals surface area contributed by atoms with E-state index in [2.05, 4.69) is 35.0 Å². The lowest BCUT2D eigenvalue weighted by Gasteiger charge is -2.17. The van der Waals surface area contributed by atoms with Crippen LogP contribution in [0.2, 0.25) is 0 Å². The molecule has 0 amide bonds. The van der Waals surface area contributed by atoms with Gasteiger partial charge in [0.05, 0.1) is 0 Å². The minimum atomic E-state index is 0.442. The lowest BCUT2D eigenvalue weighted by atomic mass is 9.97. The Morgan fingerprint density at radius 2 is 1.94 bits per heavy atom. The zero-order chi connectivity index (χ0) is 12.5. The third-order valence-corrected chi connectivity index (χ3v) is 3.61. The van der Waals surface area contributed by atoms with Gasteiger partial charge in [-0.25, -0.2) is 0 Å². The van der Waals surface area contributed by atoms with Gasteiger partial charge in [-0.05, 0) is 26.0 Å². The Kier molecular flexibility index (Phi) is 2.93. The number of oxazole rings is 1. The van der Waals surface area contributed by atoms with Crippen molar-refractivity contribution in [2.24, 2.45) is 5.92 Å². The van der Waals surface area contributed by atoms with Crippen LogP contribution in [-0.2, 0) is 0 Å². The molecule has 3 rings (SSSR count). The van der Waals surface area contributed by atoms with Gasteiger partial charge >= 0.3 is 0 Å². The Morgan fingerprint density at radius 1 is 1.22 bits per heavy atom. The van der Waals surface area contributed by atoms with Crippen molar-refractivity contribution >= 4 is 17.1 Å². The van der Waals surface area contributed by atoms with Crippen LogP contribution >= 0.6 is 0 Å². The monoisotopic (exact) mass is 246 g/mol. The molecule has 5 nitrogen and oxygen atoms in total. The van der Waals surface area contributed by atoms with Crippen LogP contribution in [0.15, 0.2) is 28.7 Å². The highest BCUT2D eigenvalue weighted by atomic mass is 16.4. The van der Waals surface area contributed by atoms with Crippen LogP contribution in [-0.4, -0.2) is 23.6 Å². The molecular formula is C13H18N4O. The maximum Gasteiger partial charge on any atom is 0.295 e. The number of fused-ring (bicyclic) bond motifs is 1. The van der Waals surface area contributed by atoms with E-state index in [4.69, 9.17) is 4.42 Å². The second kappa shape index (κ2) is 4.59. The zero-order valence-electron chi connectivity index (χ0n) is 10.6. The lowest BCUT2D eigenvalue weighted by Crippen LogP contribution is -2.30. The molecule has 2 heterocycles. The predicted octanol–water partition coefficient (Wildman–Crippen LogP) is 1.74. The highest BCUT2D eigenvalue weighted by Gasteiger charge is 2.29. The molecule has 18 heavy (non-hydrogen) atoms. The molecular weight excluding hydrogens is 228 g/mol. The van der Waals surface area contributed by atoms with Crippen molar-refractivity contribution in [2.75, 3.05) is 11.9 Å². The molecule has 96 valence electrons. The zero-order valence-corrected chi connectivity index (χ0v) is 10.6. The molecule has 1 aliphatic heterocycles. The molecule has 0 saturated carbocycles. The van der Waals surface area contributed by atoms with Crippen LogP contribution in [0.4, 0.5) is 6.01 Å². The van der Waals surface area contributed by atoms with Gasteiger partial charge in [-0.3, -0.25) is 10.9 Å². The summed E-state index contributed by atoms with van der Waals surface area (Å²) < 4.78 is 5.64. The Morgan fingerprint density at radius 3 is 2.67 bits per heavy atom. The number of aromatic nitrogens is 1. The lowest BCUT2D eigenvalue weighted by molar-refractivity contribution is 0.460. The standard InChI is InChI=1S/C13H18N4O/c1-8-10(9(2)17-16-8)7-14-13-15-11-5-3-4-6-12(11)18-13/h3-6,8-10,16-17H,7H2,1-2H3,(H,14,15). The molecule has 1 aromatic carbocycles. The first kappa shape index (κ1) is 11.5. The average molecular weight is 246 g/mol. The fraction of sp³-hybridized carbons (Fsp3) is 0.462. The van der Waals surface area contributed by atoms with Gasteiger partial charge in [0, 0.05) is 24.5 Å². The van der Waals surface area contributed by atoms with Crippen molar-refractivity contribution in [1.29, 1.82) is 0 Å². The second-order valence-electron chi connectivity index (χ2n) is 4.90. The number of hydrogen-bond donors (Lipinski definition) is 3. The van der Waals surface area contributed by atoms with E-state index >= 15 is 0 Å². The molecule has 5 heteroatoms. The molecule has 1 fully saturated rings. The van der Waals surface area contributed by atoms with E-state index in [-0.39, 0.29) is 0 Å². The van der Waals surface area contributed by atoms with Gasteiger partial charge in [-0.2, -0.15) is 4.98 Å². The summed E-state index contributed by atoms with van der Waals surface area (Å²) in [5.74, 6) is 0.514. The Balaban J connectivity index is 1.69. The van der Waals surface area contributed by atoms with Gasteiger partial charge in [0.1, 0.15) is 5.52 Å². The summed E-state index contributed by atoms with van der Waals surface area (Å²) in [6.45, 7) is 5.19. The SMILES string of the molecule is CC1NNC(C)C1CNc1nc2ccccc2o1. The molecule has 3 N–H and O–H groups in total. The summed E-state index contributed by atoms with van der Waals surface area (Å²) in [4.78, 5) is 4.41. The van der Waals surface area contributed by atoms with E-state index in [1.807, 2.05) is 24.3 Å². The first-order valence-corrected chi connectivity index (χ1v) is 6.34. The Labute approximate surface area is 106 Å². The molecule has 1 aliphatic rings. The van der Waals surface area contributed by atoms with Crippen LogP contribution < -0.4 is 16.2 Å². The van der Waals surface area contributed by atoms with E-state index in [1.165, 1.54) is 0 Å². The van der Waals surface area contributed by atoms with E-state index in [9.17, 15) is 0 Å². The second-order valence-corrected chi connectivity index (χ2v) is 4.90. The summed E-state index contributed by atoms with van der Waals surface area (Å²) in [5, 5.41) is 3.28. The molecule has 0 bridgehead atoms. The van der Waals surface area contributed by atoms with E-state index in [0.717, 1.165) is 17.6 Å². The first-order chi connectivity index (χ1) is 8.74. The Hall–Kier alpha value is -1.59. The van der Waals surface area contributed by atoms with Gasteiger partial charge in [-0.15, -0.1) is 0 Å². The number of hydrazine groups is 1. The van der Waals surface area contributed by atoms with Crippen LogP contribution in [0.1, 0.15) is 13.8 Å². The van der Waals surface area contributed by atoms with Crippen molar-refractivity contribution < 1.29 is 4.42 Å². The minimum Gasteiger partial charge on any atom is -0.424 e. The van der Waals surface area contributed by atoms with Gasteiger partial charge < -0.3 is 9.73 Å². The molecule has 2 atom stereocenters. The fourth-order valence-corrected chi connectivity index (χ4v) is 2.42. The van der Waals surface area contributed by atoms with Gasteiger partial charge in [0.2, 0.25) is 0 Å². The van der Waals surface area contributed by atoms with E-state index in [0.29, 0.717) is 24.0 Å². The summed E-state index contributed by atoms with van der Waals surface area (Å²) in [6.07, 6.45) is 0. The number of nitrogens with one attached hydrogen (secondary N) is 3. The van der Waals surface area contributed by atoms with Crippen molar-refractivity contribution in [2.45, 2.75) is 25.9 Å². The van der Waals surface area contributed by atoms with Crippen LogP contribution in [0.5, 0.6) is 0 Å². The topological polar surface area (TPSA) is 62.1 Å². The van der Waals surface area contributed by atoms with Crippen LogP contribution in [0.3, 0.4) is 0 Å².